The van der Waals surface area contributed by atoms with E-state index in [1.54, 1.807) is 0 Å². The van der Waals surface area contributed by atoms with Crippen molar-refractivity contribution in [1.82, 2.24) is 0 Å². The highest BCUT2D eigenvalue weighted by Crippen LogP contribution is 2.42. The van der Waals surface area contributed by atoms with Gasteiger partial charge in [0.15, 0.2) is 0 Å². The van der Waals surface area contributed by atoms with Gasteiger partial charge in [-0.2, -0.15) is 0 Å². The van der Waals surface area contributed by atoms with E-state index in [1.165, 1.54) is 33.4 Å². The molecule has 108 valence electrons. The molecular formula is C20H16O2. The normalized spacial score (nSPS) is 16.7. The Hall–Kier alpha value is -2.48. The van der Waals surface area contributed by atoms with E-state index in [0.717, 1.165) is 24.3 Å². The van der Waals surface area contributed by atoms with Crippen LogP contribution in [0.4, 0.5) is 0 Å². The van der Waals surface area contributed by atoms with Crippen molar-refractivity contribution in [2.45, 2.75) is 12.8 Å². The van der Waals surface area contributed by atoms with Crippen LogP contribution in [0.5, 0.6) is 11.5 Å². The number of fused-ring (bicyclic) bond motifs is 5. The first-order valence-corrected chi connectivity index (χ1v) is 7.81. The molecule has 0 amide bonds. The number of hydrogen-bond acceptors (Lipinski definition) is 2. The summed E-state index contributed by atoms with van der Waals surface area (Å²) in [4.78, 5) is 0. The maximum absolute atomic E-state index is 5.79. The third-order valence-electron chi connectivity index (χ3n) is 4.69. The monoisotopic (exact) mass is 288 g/mol. The van der Waals surface area contributed by atoms with E-state index in [4.69, 9.17) is 9.47 Å². The molecule has 5 rings (SSSR count). The lowest BCUT2D eigenvalue weighted by Crippen LogP contribution is -2.09. The molecule has 0 fully saturated rings. The Labute approximate surface area is 129 Å². The van der Waals surface area contributed by atoms with Crippen molar-refractivity contribution < 1.29 is 9.47 Å². The summed E-state index contributed by atoms with van der Waals surface area (Å²) in [5.41, 5.74) is 7.82. The van der Waals surface area contributed by atoms with Crippen LogP contribution in [-0.2, 0) is 12.8 Å². The van der Waals surface area contributed by atoms with Crippen molar-refractivity contribution in [2.24, 2.45) is 0 Å². The fraction of sp³-hybridized carbons (Fsp3) is 0.200. The molecule has 0 spiro atoms. The van der Waals surface area contributed by atoms with Gasteiger partial charge in [0.1, 0.15) is 24.7 Å². The van der Waals surface area contributed by atoms with Crippen molar-refractivity contribution in [3.8, 4) is 22.6 Å². The van der Waals surface area contributed by atoms with E-state index in [2.05, 4.69) is 48.6 Å². The van der Waals surface area contributed by atoms with Gasteiger partial charge in [0.2, 0.25) is 0 Å². The summed E-state index contributed by atoms with van der Waals surface area (Å²) in [6.45, 7) is 1.33. The molecule has 2 nitrogen and oxygen atoms in total. The zero-order valence-electron chi connectivity index (χ0n) is 12.3. The Bertz CT molecular complexity index is 772. The van der Waals surface area contributed by atoms with E-state index in [1.807, 2.05) is 0 Å². The van der Waals surface area contributed by atoms with Crippen LogP contribution in [0.2, 0.25) is 0 Å². The van der Waals surface area contributed by atoms with Crippen LogP contribution in [0, 0.1) is 0 Å². The van der Waals surface area contributed by atoms with Gasteiger partial charge in [-0.25, -0.2) is 0 Å². The van der Waals surface area contributed by atoms with Gasteiger partial charge in [-0.3, -0.25) is 0 Å². The minimum Gasteiger partial charge on any atom is -0.489 e. The zero-order chi connectivity index (χ0) is 14.5. The van der Waals surface area contributed by atoms with Gasteiger partial charge < -0.3 is 9.47 Å². The van der Waals surface area contributed by atoms with Gasteiger partial charge in [-0.1, -0.05) is 12.2 Å². The SMILES string of the molecule is C1=Cc2cc3c(cc2OC1)-c1cc2c(cc1CC3)C=CCO2. The van der Waals surface area contributed by atoms with Crippen molar-refractivity contribution in [3.63, 3.8) is 0 Å². The predicted octanol–water partition coefficient (Wildman–Crippen LogP) is 4.26. The molecule has 0 saturated heterocycles. The predicted molar refractivity (Wildman–Crippen MR) is 88.3 cm³/mol. The van der Waals surface area contributed by atoms with Crippen LogP contribution < -0.4 is 9.47 Å². The lowest BCUT2D eigenvalue weighted by molar-refractivity contribution is 0.357. The van der Waals surface area contributed by atoms with Crippen LogP contribution in [0.1, 0.15) is 22.3 Å². The standard InChI is InChI=1S/C20H16O2/c1-3-15-9-13-5-6-14-10-16-4-2-8-22-20(16)12-18(14)17(13)11-19(15)21-7-1/h1-4,9-12H,5-8H2. The molecule has 0 bridgehead atoms. The Morgan fingerprint density at radius 3 is 1.64 bits per heavy atom. The van der Waals surface area contributed by atoms with E-state index < -0.39 is 0 Å². The maximum atomic E-state index is 5.79. The summed E-state index contributed by atoms with van der Waals surface area (Å²) in [6.07, 6.45) is 10.6. The smallest absolute Gasteiger partial charge is 0.127 e. The lowest BCUT2D eigenvalue weighted by Gasteiger charge is -2.25. The van der Waals surface area contributed by atoms with Gasteiger partial charge >= 0.3 is 0 Å². The van der Waals surface area contributed by atoms with Gasteiger partial charge in [-0.05, 0) is 71.5 Å². The molecule has 0 atom stereocenters. The third-order valence-corrected chi connectivity index (χ3v) is 4.69. The second kappa shape index (κ2) is 4.51. The lowest BCUT2D eigenvalue weighted by atomic mass is 9.83. The Balaban J connectivity index is 1.72. The van der Waals surface area contributed by atoms with E-state index in [9.17, 15) is 0 Å². The van der Waals surface area contributed by atoms with Gasteiger partial charge in [0.25, 0.3) is 0 Å². The summed E-state index contributed by atoms with van der Waals surface area (Å²) in [7, 11) is 0. The molecule has 2 heterocycles. The van der Waals surface area contributed by atoms with Crippen LogP contribution in [-0.4, -0.2) is 13.2 Å². The first-order chi connectivity index (χ1) is 10.9. The number of aryl methyl sites for hydroxylation is 2. The number of ether oxygens (including phenoxy) is 2. The van der Waals surface area contributed by atoms with Crippen LogP contribution >= 0.6 is 0 Å². The van der Waals surface area contributed by atoms with Gasteiger partial charge in [0, 0.05) is 11.1 Å². The molecule has 2 heteroatoms. The fourth-order valence-electron chi connectivity index (χ4n) is 3.61. The van der Waals surface area contributed by atoms with Crippen LogP contribution in [0.15, 0.2) is 36.4 Å². The minimum absolute atomic E-state index is 0.663. The highest BCUT2D eigenvalue weighted by Gasteiger charge is 2.21. The highest BCUT2D eigenvalue weighted by molar-refractivity contribution is 5.80. The quantitative estimate of drug-likeness (QED) is 0.721. The molecular weight excluding hydrogens is 272 g/mol. The topological polar surface area (TPSA) is 18.5 Å². The average Bonchev–Trinajstić information content (AvgIpc) is 2.58. The summed E-state index contributed by atoms with van der Waals surface area (Å²) in [5, 5.41) is 0. The second-order valence-electron chi connectivity index (χ2n) is 6.02. The van der Waals surface area contributed by atoms with Gasteiger partial charge in [-0.15, -0.1) is 0 Å². The Morgan fingerprint density at radius 1 is 0.636 bits per heavy atom. The first kappa shape index (κ1) is 12.1. The summed E-state index contributed by atoms with van der Waals surface area (Å²) in [5.74, 6) is 1.99. The van der Waals surface area contributed by atoms with E-state index in [0.29, 0.717) is 13.2 Å². The summed E-state index contributed by atoms with van der Waals surface area (Å²) >= 11 is 0. The molecule has 2 aliphatic heterocycles. The second-order valence-corrected chi connectivity index (χ2v) is 6.02. The summed E-state index contributed by atoms with van der Waals surface area (Å²) in [6, 6.07) is 8.97. The largest absolute Gasteiger partial charge is 0.489 e. The third kappa shape index (κ3) is 1.73. The van der Waals surface area contributed by atoms with Crippen LogP contribution in [0.25, 0.3) is 23.3 Å². The number of benzene rings is 2. The highest BCUT2D eigenvalue weighted by atomic mass is 16.5. The Morgan fingerprint density at radius 2 is 1.14 bits per heavy atom. The molecule has 1 aliphatic carbocycles. The minimum atomic E-state index is 0.663. The van der Waals surface area contributed by atoms with Crippen molar-refractivity contribution >= 4 is 12.2 Å². The molecule has 2 aromatic carbocycles. The van der Waals surface area contributed by atoms with Crippen LogP contribution in [0.3, 0.4) is 0 Å². The molecule has 2 aromatic rings. The van der Waals surface area contributed by atoms with E-state index >= 15 is 0 Å². The van der Waals surface area contributed by atoms with Crippen molar-refractivity contribution in [2.75, 3.05) is 13.2 Å². The Kier molecular flexibility index (Phi) is 2.48. The first-order valence-electron chi connectivity index (χ1n) is 7.81. The zero-order valence-corrected chi connectivity index (χ0v) is 12.3. The van der Waals surface area contributed by atoms with Crippen molar-refractivity contribution in [1.29, 1.82) is 0 Å². The average molecular weight is 288 g/mol. The number of hydrogen-bond donors (Lipinski definition) is 0. The molecule has 0 N–H and O–H groups in total. The molecule has 0 radical (unpaired) electrons. The molecule has 0 aromatic heterocycles. The molecule has 0 unspecified atom stereocenters. The summed E-state index contributed by atoms with van der Waals surface area (Å²) < 4.78 is 11.6. The van der Waals surface area contributed by atoms with Gasteiger partial charge in [0.05, 0.1) is 0 Å². The van der Waals surface area contributed by atoms with Crippen molar-refractivity contribution in [3.05, 3.63) is 58.7 Å². The molecule has 0 saturated carbocycles. The molecule has 22 heavy (non-hydrogen) atoms. The fourth-order valence-corrected chi connectivity index (χ4v) is 3.61. The molecule has 3 aliphatic rings. The van der Waals surface area contributed by atoms with E-state index in [-0.39, 0.29) is 0 Å². The maximum Gasteiger partial charge on any atom is 0.127 e. The number of rotatable bonds is 0.